The molecule has 0 N–H and O–H groups in total. The fourth-order valence-corrected chi connectivity index (χ4v) is 4.17. The molecule has 0 atom stereocenters. The number of hydrogen-bond donors (Lipinski definition) is 0. The van der Waals surface area contributed by atoms with E-state index in [1.807, 2.05) is 24.3 Å². The van der Waals surface area contributed by atoms with Gasteiger partial charge < -0.3 is 0 Å². The van der Waals surface area contributed by atoms with Crippen molar-refractivity contribution in [3.05, 3.63) is 109 Å². The molecule has 2 aromatic rings. The van der Waals surface area contributed by atoms with Crippen LogP contribution in [0, 0.1) is 0 Å². The molecule has 0 unspecified atom stereocenters. The quantitative estimate of drug-likeness (QED) is 0.375. The summed E-state index contributed by atoms with van der Waals surface area (Å²) in [5.74, 6) is 0. The predicted molar refractivity (Wildman–Crippen MR) is 126 cm³/mol. The summed E-state index contributed by atoms with van der Waals surface area (Å²) in [6.45, 7) is 20.8. The zero-order valence-corrected chi connectivity index (χ0v) is 17.4. The van der Waals surface area contributed by atoms with E-state index in [0.29, 0.717) is 0 Å². The third kappa shape index (κ3) is 5.23. The molecule has 1 aliphatic carbocycles. The number of hydrogen-bond acceptors (Lipinski definition) is 2. The average molecular weight is 385 g/mol. The molecule has 2 aromatic carbocycles. The maximum Gasteiger partial charge on any atom is 0.0240 e. The normalized spacial score (nSPS) is 11.9. The first-order valence-electron chi connectivity index (χ1n) is 10.3. The summed E-state index contributed by atoms with van der Waals surface area (Å²) in [7, 11) is 0. The SMILES string of the molecule is C=CCN(CC=C)Cc1ccc2c(c1)Cc1cc(CN(CC=C)CC=C)ccc1-2. The van der Waals surface area contributed by atoms with E-state index >= 15 is 0 Å². The zero-order chi connectivity index (χ0) is 20.6. The van der Waals surface area contributed by atoms with Crippen LogP contribution in [0.5, 0.6) is 0 Å². The molecule has 2 heteroatoms. The number of benzene rings is 2. The van der Waals surface area contributed by atoms with E-state index in [-0.39, 0.29) is 0 Å². The fourth-order valence-electron chi connectivity index (χ4n) is 4.17. The second kappa shape index (κ2) is 10.2. The van der Waals surface area contributed by atoms with Crippen molar-refractivity contribution >= 4 is 0 Å². The van der Waals surface area contributed by atoms with Gasteiger partial charge in [-0.3, -0.25) is 9.80 Å². The van der Waals surface area contributed by atoms with Crippen LogP contribution in [0.2, 0.25) is 0 Å². The summed E-state index contributed by atoms with van der Waals surface area (Å²) in [5, 5.41) is 0. The molecule has 0 aliphatic heterocycles. The lowest BCUT2D eigenvalue weighted by Crippen LogP contribution is -2.23. The van der Waals surface area contributed by atoms with Gasteiger partial charge in [0, 0.05) is 39.3 Å². The molecular formula is C27H32N2. The smallest absolute Gasteiger partial charge is 0.0240 e. The van der Waals surface area contributed by atoms with Crippen LogP contribution in [-0.4, -0.2) is 36.0 Å². The molecule has 0 spiro atoms. The molecule has 2 nitrogen and oxygen atoms in total. The van der Waals surface area contributed by atoms with E-state index < -0.39 is 0 Å². The van der Waals surface area contributed by atoms with E-state index in [1.54, 1.807) is 0 Å². The number of nitrogens with zero attached hydrogens (tertiary/aromatic N) is 2. The van der Waals surface area contributed by atoms with Gasteiger partial charge in [-0.05, 0) is 39.8 Å². The first-order chi connectivity index (χ1) is 14.2. The molecule has 0 fully saturated rings. The first-order valence-corrected chi connectivity index (χ1v) is 10.3. The Morgan fingerprint density at radius 3 is 1.34 bits per heavy atom. The fraction of sp³-hybridized carbons (Fsp3) is 0.259. The van der Waals surface area contributed by atoms with Crippen molar-refractivity contribution in [2.45, 2.75) is 19.5 Å². The minimum absolute atomic E-state index is 0.874. The van der Waals surface area contributed by atoms with Crippen molar-refractivity contribution in [1.29, 1.82) is 0 Å². The molecule has 3 rings (SSSR count). The minimum atomic E-state index is 0.874. The highest BCUT2D eigenvalue weighted by atomic mass is 15.1. The molecule has 0 bridgehead atoms. The lowest BCUT2D eigenvalue weighted by molar-refractivity contribution is 0.327. The zero-order valence-electron chi connectivity index (χ0n) is 17.4. The molecule has 0 saturated heterocycles. The monoisotopic (exact) mass is 384 g/mol. The van der Waals surface area contributed by atoms with E-state index in [9.17, 15) is 0 Å². The molecule has 0 heterocycles. The Morgan fingerprint density at radius 1 is 0.621 bits per heavy atom. The Balaban J connectivity index is 1.76. The van der Waals surface area contributed by atoms with Crippen LogP contribution in [0.15, 0.2) is 87.0 Å². The van der Waals surface area contributed by atoms with Gasteiger partial charge in [0.1, 0.15) is 0 Å². The second-order valence-electron chi connectivity index (χ2n) is 7.70. The van der Waals surface area contributed by atoms with Gasteiger partial charge in [0.25, 0.3) is 0 Å². The van der Waals surface area contributed by atoms with E-state index in [0.717, 1.165) is 45.7 Å². The van der Waals surface area contributed by atoms with E-state index in [4.69, 9.17) is 0 Å². The lowest BCUT2D eigenvalue weighted by atomic mass is 10.0. The van der Waals surface area contributed by atoms with Crippen LogP contribution >= 0.6 is 0 Å². The van der Waals surface area contributed by atoms with Gasteiger partial charge in [0.15, 0.2) is 0 Å². The van der Waals surface area contributed by atoms with Crippen molar-refractivity contribution in [3.63, 3.8) is 0 Å². The van der Waals surface area contributed by atoms with Gasteiger partial charge in [0.2, 0.25) is 0 Å². The number of rotatable bonds is 12. The van der Waals surface area contributed by atoms with Crippen LogP contribution < -0.4 is 0 Å². The lowest BCUT2D eigenvalue weighted by Gasteiger charge is -2.19. The predicted octanol–water partition coefficient (Wildman–Crippen LogP) is 5.61. The Kier molecular flexibility index (Phi) is 7.40. The summed E-state index contributed by atoms with van der Waals surface area (Å²) in [4.78, 5) is 4.69. The van der Waals surface area contributed by atoms with Crippen molar-refractivity contribution in [1.82, 2.24) is 9.80 Å². The average Bonchev–Trinajstić information content (AvgIpc) is 3.05. The van der Waals surface area contributed by atoms with Crippen LogP contribution in [0.3, 0.4) is 0 Å². The van der Waals surface area contributed by atoms with Gasteiger partial charge in [-0.25, -0.2) is 0 Å². The van der Waals surface area contributed by atoms with Crippen LogP contribution in [0.25, 0.3) is 11.1 Å². The van der Waals surface area contributed by atoms with Gasteiger partial charge in [-0.1, -0.05) is 60.7 Å². The van der Waals surface area contributed by atoms with Crippen molar-refractivity contribution in [2.24, 2.45) is 0 Å². The molecule has 0 radical (unpaired) electrons. The Labute approximate surface area is 176 Å². The second-order valence-corrected chi connectivity index (χ2v) is 7.70. The summed E-state index contributed by atoms with van der Waals surface area (Å²) >= 11 is 0. The maximum atomic E-state index is 3.87. The van der Waals surface area contributed by atoms with Gasteiger partial charge in [0.05, 0.1) is 0 Å². The van der Waals surface area contributed by atoms with Crippen LogP contribution in [-0.2, 0) is 19.5 Å². The summed E-state index contributed by atoms with van der Waals surface area (Å²) in [6, 6.07) is 13.8. The van der Waals surface area contributed by atoms with Gasteiger partial charge in [-0.15, -0.1) is 26.3 Å². The minimum Gasteiger partial charge on any atom is -0.292 e. The van der Waals surface area contributed by atoms with E-state index in [1.165, 1.54) is 33.4 Å². The largest absolute Gasteiger partial charge is 0.292 e. The van der Waals surface area contributed by atoms with Gasteiger partial charge in [-0.2, -0.15) is 0 Å². The van der Waals surface area contributed by atoms with Crippen LogP contribution in [0.4, 0.5) is 0 Å². The standard InChI is InChI=1S/C27H32N2/c1-5-13-28(14-6-2)20-22-9-11-26-24(17-22)19-25-18-23(10-12-27(25)26)21-29(15-7-3)16-8-4/h5-12,17-18H,1-4,13-16,19-21H2. The highest BCUT2D eigenvalue weighted by molar-refractivity contribution is 5.77. The molecule has 0 amide bonds. The third-order valence-electron chi connectivity index (χ3n) is 5.37. The topological polar surface area (TPSA) is 6.48 Å². The van der Waals surface area contributed by atoms with Gasteiger partial charge >= 0.3 is 0 Å². The summed E-state index contributed by atoms with van der Waals surface area (Å²) < 4.78 is 0. The third-order valence-corrected chi connectivity index (χ3v) is 5.37. The van der Waals surface area contributed by atoms with Crippen LogP contribution in [0.1, 0.15) is 22.3 Å². The summed E-state index contributed by atoms with van der Waals surface area (Å²) in [5.41, 5.74) is 8.32. The molecule has 1 aliphatic rings. The van der Waals surface area contributed by atoms with Crippen molar-refractivity contribution < 1.29 is 0 Å². The summed E-state index contributed by atoms with van der Waals surface area (Å²) in [6.07, 6.45) is 8.83. The number of fused-ring (bicyclic) bond motifs is 3. The molecule has 29 heavy (non-hydrogen) atoms. The molecule has 0 aromatic heterocycles. The van der Waals surface area contributed by atoms with Crippen molar-refractivity contribution in [2.75, 3.05) is 26.2 Å². The highest BCUT2D eigenvalue weighted by Crippen LogP contribution is 2.37. The Bertz CT molecular complexity index is 800. The molecule has 150 valence electrons. The maximum absolute atomic E-state index is 3.87. The molecular weight excluding hydrogens is 352 g/mol. The van der Waals surface area contributed by atoms with Crippen molar-refractivity contribution in [3.8, 4) is 11.1 Å². The molecule has 0 saturated carbocycles. The first kappa shape index (κ1) is 21.0. The highest BCUT2D eigenvalue weighted by Gasteiger charge is 2.19. The van der Waals surface area contributed by atoms with E-state index in [2.05, 4.69) is 72.5 Å². The Hall–Kier alpha value is -2.68. The Morgan fingerprint density at radius 2 is 1.00 bits per heavy atom.